The predicted octanol–water partition coefficient (Wildman–Crippen LogP) is -2.93. The van der Waals surface area contributed by atoms with E-state index in [1.54, 1.807) is 0 Å². The summed E-state index contributed by atoms with van der Waals surface area (Å²) < 4.78 is 27.3. The van der Waals surface area contributed by atoms with Gasteiger partial charge in [0.25, 0.3) is 5.56 Å². The zero-order valence-electron chi connectivity index (χ0n) is 14.8. The van der Waals surface area contributed by atoms with Crippen molar-refractivity contribution in [3.63, 3.8) is 0 Å². The molecule has 0 aliphatic carbocycles. The molecule has 14 nitrogen and oxygen atoms in total. The van der Waals surface area contributed by atoms with Gasteiger partial charge in [-0.15, -0.1) is 0 Å². The van der Waals surface area contributed by atoms with Crippen LogP contribution in [0.5, 0.6) is 0 Å². The number of aromatic nitrogens is 2. The van der Waals surface area contributed by atoms with Crippen molar-refractivity contribution in [1.29, 1.82) is 0 Å². The van der Waals surface area contributed by atoms with Crippen LogP contribution in [0.15, 0.2) is 15.8 Å². The van der Waals surface area contributed by atoms with Gasteiger partial charge >= 0.3 is 13.5 Å². The first kappa shape index (κ1) is 22.8. The van der Waals surface area contributed by atoms with Crippen molar-refractivity contribution in [2.75, 3.05) is 26.6 Å². The minimum absolute atomic E-state index is 0.0281. The summed E-state index contributed by atoms with van der Waals surface area (Å²) >= 11 is 0. The van der Waals surface area contributed by atoms with Gasteiger partial charge in [-0.2, -0.15) is 5.48 Å². The summed E-state index contributed by atoms with van der Waals surface area (Å²) in [5.74, 6) is 0. The summed E-state index contributed by atoms with van der Waals surface area (Å²) in [6.45, 7) is 0.253. The SMILES string of the molecule is Cc1cn([C@@H]2O[C@H](COP(=O)(O)O)[C@@H](O)[C@H]2OCCONCO)c(=O)[nH]c1=O. The molecule has 0 unspecified atom stereocenters. The Kier molecular flexibility index (Phi) is 8.03. The highest BCUT2D eigenvalue weighted by molar-refractivity contribution is 7.46. The first-order valence-electron chi connectivity index (χ1n) is 8.07. The van der Waals surface area contributed by atoms with E-state index in [9.17, 15) is 19.3 Å². The Morgan fingerprint density at radius 2 is 2.07 bits per heavy atom. The number of aliphatic hydroxyl groups is 2. The van der Waals surface area contributed by atoms with Gasteiger partial charge in [0.1, 0.15) is 25.0 Å². The molecule has 15 heteroatoms. The number of phosphoric ester groups is 1. The highest BCUT2D eigenvalue weighted by Gasteiger charge is 2.46. The van der Waals surface area contributed by atoms with Gasteiger partial charge in [0, 0.05) is 11.8 Å². The summed E-state index contributed by atoms with van der Waals surface area (Å²) in [5.41, 5.74) is 0.954. The Labute approximate surface area is 157 Å². The minimum atomic E-state index is -4.81. The van der Waals surface area contributed by atoms with Crippen LogP contribution in [0.4, 0.5) is 0 Å². The molecule has 1 aliphatic rings. The fourth-order valence-corrected chi connectivity index (χ4v) is 2.89. The lowest BCUT2D eigenvalue weighted by Crippen LogP contribution is -2.40. The molecule has 0 amide bonds. The number of H-pyrrole nitrogens is 1. The van der Waals surface area contributed by atoms with Crippen molar-refractivity contribution in [3.05, 3.63) is 32.6 Å². The fourth-order valence-electron chi connectivity index (χ4n) is 2.55. The van der Waals surface area contributed by atoms with Crippen molar-refractivity contribution >= 4 is 7.82 Å². The summed E-state index contributed by atoms with van der Waals surface area (Å²) in [7, 11) is -4.81. The quantitative estimate of drug-likeness (QED) is 0.0962. The third-order valence-electron chi connectivity index (χ3n) is 3.80. The van der Waals surface area contributed by atoms with Gasteiger partial charge < -0.3 is 29.5 Å². The molecule has 0 radical (unpaired) electrons. The number of aliphatic hydroxyl groups excluding tert-OH is 2. The molecule has 0 saturated carbocycles. The first-order valence-corrected chi connectivity index (χ1v) is 9.60. The van der Waals surface area contributed by atoms with Crippen LogP contribution in [0.3, 0.4) is 0 Å². The third kappa shape index (κ3) is 6.02. The van der Waals surface area contributed by atoms with Gasteiger partial charge in [0.05, 0.1) is 19.8 Å². The molecule has 0 bridgehead atoms. The Morgan fingerprint density at radius 3 is 2.71 bits per heavy atom. The number of ether oxygens (including phenoxy) is 2. The lowest BCUT2D eigenvalue weighted by molar-refractivity contribution is -0.0975. The van der Waals surface area contributed by atoms with Gasteiger partial charge in [-0.25, -0.2) is 9.36 Å². The second-order valence-corrected chi connectivity index (χ2v) is 7.05. The van der Waals surface area contributed by atoms with E-state index in [2.05, 4.69) is 15.0 Å². The number of aryl methyl sites for hydroxylation is 1. The number of hydrogen-bond acceptors (Lipinski definition) is 10. The third-order valence-corrected chi connectivity index (χ3v) is 4.29. The molecule has 2 rings (SSSR count). The molecule has 28 heavy (non-hydrogen) atoms. The maximum atomic E-state index is 12.1. The van der Waals surface area contributed by atoms with E-state index in [1.807, 2.05) is 0 Å². The molecule has 1 aromatic rings. The Balaban J connectivity index is 2.20. The zero-order chi connectivity index (χ0) is 20.9. The summed E-state index contributed by atoms with van der Waals surface area (Å²) in [5, 5.41) is 19.0. The summed E-state index contributed by atoms with van der Waals surface area (Å²) in [6.07, 6.45) is -3.79. The van der Waals surface area contributed by atoms with Crippen molar-refractivity contribution in [2.24, 2.45) is 0 Å². The number of phosphoric acid groups is 1. The second-order valence-electron chi connectivity index (χ2n) is 5.81. The Hall–Kier alpha value is -1.45. The van der Waals surface area contributed by atoms with Crippen molar-refractivity contribution < 1.29 is 43.4 Å². The average Bonchev–Trinajstić information content (AvgIpc) is 2.91. The molecule has 1 aromatic heterocycles. The van der Waals surface area contributed by atoms with Crippen LogP contribution in [0.1, 0.15) is 11.8 Å². The minimum Gasteiger partial charge on any atom is -0.387 e. The van der Waals surface area contributed by atoms with Crippen LogP contribution >= 0.6 is 7.82 Å². The monoisotopic (exact) mass is 427 g/mol. The number of nitrogens with one attached hydrogen (secondary N) is 2. The molecule has 1 saturated heterocycles. The first-order chi connectivity index (χ1) is 13.1. The number of hydrogen-bond donors (Lipinski definition) is 6. The standard InChI is InChI=1S/C13H22N3O11P/c1-7-4-16(13(20)15-11(7)19)12-10(24-2-3-25-14-6-17)9(18)8(27-12)5-26-28(21,22)23/h4,8-10,12,14,17-18H,2-3,5-6H2,1H3,(H,15,19,20)(H2,21,22,23)/t8-,9-,10-,12-/m1/s1. The molecule has 160 valence electrons. The van der Waals surface area contributed by atoms with Gasteiger partial charge in [-0.3, -0.25) is 23.7 Å². The highest BCUT2D eigenvalue weighted by Crippen LogP contribution is 2.38. The molecule has 1 fully saturated rings. The summed E-state index contributed by atoms with van der Waals surface area (Å²) in [6, 6.07) is 0. The van der Waals surface area contributed by atoms with Crippen LogP contribution < -0.4 is 16.7 Å². The normalized spacial score (nSPS) is 25.3. The lowest BCUT2D eigenvalue weighted by atomic mass is 10.1. The van der Waals surface area contributed by atoms with Crippen LogP contribution in [0.2, 0.25) is 0 Å². The van der Waals surface area contributed by atoms with Crippen molar-refractivity contribution in [2.45, 2.75) is 31.5 Å². The molecule has 4 atom stereocenters. The number of rotatable bonds is 10. The van der Waals surface area contributed by atoms with E-state index in [1.165, 1.54) is 13.1 Å². The second kappa shape index (κ2) is 9.84. The maximum Gasteiger partial charge on any atom is 0.469 e. The topological polar surface area (TPSA) is 202 Å². The molecular formula is C13H22N3O11P. The van der Waals surface area contributed by atoms with E-state index in [4.69, 9.17) is 29.2 Å². The predicted molar refractivity (Wildman–Crippen MR) is 89.9 cm³/mol. The highest BCUT2D eigenvalue weighted by atomic mass is 31.2. The van der Waals surface area contributed by atoms with E-state index in [0.29, 0.717) is 0 Å². The molecular weight excluding hydrogens is 405 g/mol. The van der Waals surface area contributed by atoms with Gasteiger partial charge in [0.2, 0.25) is 0 Å². The molecule has 0 spiro atoms. The lowest BCUT2D eigenvalue weighted by Gasteiger charge is -2.22. The van der Waals surface area contributed by atoms with Crippen molar-refractivity contribution in [1.82, 2.24) is 15.0 Å². The molecule has 6 N–H and O–H groups in total. The number of aromatic amines is 1. The van der Waals surface area contributed by atoms with Crippen molar-refractivity contribution in [3.8, 4) is 0 Å². The van der Waals surface area contributed by atoms with Gasteiger partial charge in [0.15, 0.2) is 6.23 Å². The number of hydroxylamine groups is 1. The number of nitrogens with zero attached hydrogens (tertiary/aromatic N) is 1. The van der Waals surface area contributed by atoms with Crippen LogP contribution in [-0.4, -0.2) is 74.4 Å². The van der Waals surface area contributed by atoms with Crippen LogP contribution in [0.25, 0.3) is 0 Å². The van der Waals surface area contributed by atoms with E-state index in [0.717, 1.165) is 4.57 Å². The maximum absolute atomic E-state index is 12.1. The zero-order valence-corrected chi connectivity index (χ0v) is 15.7. The largest absolute Gasteiger partial charge is 0.469 e. The van der Waals surface area contributed by atoms with Gasteiger partial charge in [-0.1, -0.05) is 0 Å². The molecule has 0 aromatic carbocycles. The molecule has 2 heterocycles. The van der Waals surface area contributed by atoms with E-state index >= 15 is 0 Å². The van der Waals surface area contributed by atoms with Crippen LogP contribution in [-0.2, 0) is 23.4 Å². The fraction of sp³-hybridized carbons (Fsp3) is 0.692. The Morgan fingerprint density at radius 1 is 1.36 bits per heavy atom. The van der Waals surface area contributed by atoms with Crippen LogP contribution in [0, 0.1) is 6.92 Å². The molecule has 1 aliphatic heterocycles. The van der Waals surface area contributed by atoms with E-state index in [-0.39, 0.29) is 18.8 Å². The summed E-state index contributed by atoms with van der Waals surface area (Å²) in [4.78, 5) is 48.3. The Bertz CT molecular complexity index is 806. The van der Waals surface area contributed by atoms with E-state index < -0.39 is 56.9 Å². The average molecular weight is 427 g/mol. The smallest absolute Gasteiger partial charge is 0.387 e. The van der Waals surface area contributed by atoms with Gasteiger partial charge in [-0.05, 0) is 6.92 Å².